The highest BCUT2D eigenvalue weighted by Crippen LogP contribution is 2.11. The van der Waals surface area contributed by atoms with E-state index in [4.69, 9.17) is 5.11 Å². The van der Waals surface area contributed by atoms with E-state index in [0.29, 0.717) is 17.4 Å². The van der Waals surface area contributed by atoms with Gasteiger partial charge in [-0.05, 0) is 18.6 Å². The van der Waals surface area contributed by atoms with Crippen LogP contribution >= 0.6 is 0 Å². The fourth-order valence-corrected chi connectivity index (χ4v) is 2.29. The summed E-state index contributed by atoms with van der Waals surface area (Å²) in [7, 11) is 0. The predicted octanol–water partition coefficient (Wildman–Crippen LogP) is 0.712. The first-order valence-corrected chi connectivity index (χ1v) is 7.02. The number of fused-ring (bicyclic) bond motifs is 1. The van der Waals surface area contributed by atoms with Gasteiger partial charge in [-0.2, -0.15) is 0 Å². The molecule has 2 aromatic rings. The number of amides is 1. The van der Waals surface area contributed by atoms with Crippen molar-refractivity contribution in [3.63, 3.8) is 0 Å². The summed E-state index contributed by atoms with van der Waals surface area (Å²) < 4.78 is 1.29. The van der Waals surface area contributed by atoms with Gasteiger partial charge in [0.2, 0.25) is 5.91 Å². The summed E-state index contributed by atoms with van der Waals surface area (Å²) in [5, 5.41) is 9.49. The second-order valence-electron chi connectivity index (χ2n) is 5.00. The van der Waals surface area contributed by atoms with Crippen LogP contribution in [-0.2, 0) is 11.3 Å². The van der Waals surface area contributed by atoms with Crippen molar-refractivity contribution in [1.82, 2.24) is 14.5 Å². The molecule has 0 saturated carbocycles. The third kappa shape index (κ3) is 3.23. The lowest BCUT2D eigenvalue weighted by Crippen LogP contribution is -2.38. The molecule has 1 aromatic carbocycles. The molecule has 0 atom stereocenters. The molecule has 0 aliphatic rings. The Morgan fingerprint density at radius 3 is 2.95 bits per heavy atom. The van der Waals surface area contributed by atoms with Gasteiger partial charge in [0.05, 0.1) is 23.8 Å². The first kappa shape index (κ1) is 15.9. The molecule has 0 fully saturated rings. The molecule has 22 heavy (non-hydrogen) atoms. The van der Waals surface area contributed by atoms with Gasteiger partial charge < -0.3 is 10.0 Å². The lowest BCUT2D eigenvalue weighted by Gasteiger charge is -2.20. The number of aliphatic hydroxyl groups excluding tert-OH is 1. The highest BCUT2D eigenvalue weighted by Gasteiger charge is 2.14. The fourth-order valence-electron chi connectivity index (χ4n) is 2.29. The molecule has 0 unspecified atom stereocenters. The van der Waals surface area contributed by atoms with Crippen molar-refractivity contribution in [3.8, 4) is 0 Å². The van der Waals surface area contributed by atoms with Gasteiger partial charge >= 0.3 is 0 Å². The van der Waals surface area contributed by atoms with Crippen LogP contribution in [0.5, 0.6) is 0 Å². The number of hydrogen-bond donors (Lipinski definition) is 1. The Hall–Kier alpha value is -2.47. The normalized spacial score (nSPS) is 10.6. The summed E-state index contributed by atoms with van der Waals surface area (Å²) in [6.07, 6.45) is 2.97. The summed E-state index contributed by atoms with van der Waals surface area (Å²) in [5.74, 6) is -0.259. The van der Waals surface area contributed by atoms with Gasteiger partial charge in [0.1, 0.15) is 6.54 Å². The first-order valence-electron chi connectivity index (χ1n) is 7.02. The van der Waals surface area contributed by atoms with Crippen LogP contribution < -0.4 is 5.56 Å². The Balaban J connectivity index is 2.32. The minimum atomic E-state index is -0.259. The zero-order valence-corrected chi connectivity index (χ0v) is 12.5. The summed E-state index contributed by atoms with van der Waals surface area (Å²) in [6.45, 7) is 5.76. The minimum absolute atomic E-state index is 0.108. The average molecular weight is 301 g/mol. The number of aromatic nitrogens is 2. The molecule has 0 spiro atoms. The summed E-state index contributed by atoms with van der Waals surface area (Å²) in [6, 6.07) is 5.38. The van der Waals surface area contributed by atoms with Gasteiger partial charge in [0, 0.05) is 13.1 Å². The zero-order valence-electron chi connectivity index (χ0n) is 12.5. The van der Waals surface area contributed by atoms with Gasteiger partial charge in [-0.25, -0.2) is 4.98 Å². The highest BCUT2D eigenvalue weighted by molar-refractivity contribution is 5.81. The van der Waals surface area contributed by atoms with E-state index in [1.807, 2.05) is 13.0 Å². The van der Waals surface area contributed by atoms with Crippen molar-refractivity contribution in [1.29, 1.82) is 0 Å². The van der Waals surface area contributed by atoms with Crippen molar-refractivity contribution < 1.29 is 9.90 Å². The molecule has 0 aliphatic heterocycles. The molecule has 2 rings (SSSR count). The van der Waals surface area contributed by atoms with E-state index in [0.717, 1.165) is 5.56 Å². The van der Waals surface area contributed by atoms with Crippen molar-refractivity contribution in [3.05, 3.63) is 53.1 Å². The molecule has 116 valence electrons. The van der Waals surface area contributed by atoms with E-state index in [2.05, 4.69) is 11.6 Å². The number of nitrogens with zero attached hydrogens (tertiary/aromatic N) is 3. The molecule has 1 heterocycles. The van der Waals surface area contributed by atoms with Crippen LogP contribution in [0.1, 0.15) is 5.56 Å². The Labute approximate surface area is 128 Å². The highest BCUT2D eigenvalue weighted by atomic mass is 16.3. The van der Waals surface area contributed by atoms with Crippen molar-refractivity contribution in [2.24, 2.45) is 0 Å². The van der Waals surface area contributed by atoms with Crippen LogP contribution in [0, 0.1) is 6.92 Å². The van der Waals surface area contributed by atoms with Crippen LogP contribution in [0.4, 0.5) is 0 Å². The largest absolute Gasteiger partial charge is 0.395 e. The molecular formula is C16H19N3O3. The molecule has 0 bridgehead atoms. The summed E-state index contributed by atoms with van der Waals surface area (Å²) >= 11 is 0. The molecule has 0 aliphatic carbocycles. The minimum Gasteiger partial charge on any atom is -0.395 e. The van der Waals surface area contributed by atoms with Gasteiger partial charge in [-0.15, -0.1) is 6.58 Å². The van der Waals surface area contributed by atoms with E-state index < -0.39 is 0 Å². The molecule has 1 amide bonds. The third-order valence-electron chi connectivity index (χ3n) is 3.43. The maximum Gasteiger partial charge on any atom is 0.261 e. The maximum atomic E-state index is 12.4. The zero-order chi connectivity index (χ0) is 16.1. The molecule has 0 radical (unpaired) electrons. The van der Waals surface area contributed by atoms with E-state index >= 15 is 0 Å². The fraction of sp³-hybridized carbons (Fsp3) is 0.312. The monoisotopic (exact) mass is 301 g/mol. The lowest BCUT2D eigenvalue weighted by molar-refractivity contribution is -0.131. The predicted molar refractivity (Wildman–Crippen MR) is 84.6 cm³/mol. The molecule has 6 heteroatoms. The molecule has 1 aromatic heterocycles. The Bertz CT molecular complexity index is 752. The number of hydrogen-bond acceptors (Lipinski definition) is 4. The maximum absolute atomic E-state index is 12.4. The Morgan fingerprint density at radius 1 is 1.50 bits per heavy atom. The van der Waals surface area contributed by atoms with Crippen LogP contribution in [0.3, 0.4) is 0 Å². The van der Waals surface area contributed by atoms with Gasteiger partial charge in [0.25, 0.3) is 5.56 Å². The van der Waals surface area contributed by atoms with Crippen LogP contribution in [-0.4, -0.2) is 45.2 Å². The first-order chi connectivity index (χ1) is 10.6. The van der Waals surface area contributed by atoms with E-state index in [-0.39, 0.29) is 31.2 Å². The van der Waals surface area contributed by atoms with Crippen molar-refractivity contribution in [2.45, 2.75) is 13.5 Å². The number of benzene rings is 1. The van der Waals surface area contributed by atoms with E-state index in [1.54, 1.807) is 18.2 Å². The van der Waals surface area contributed by atoms with Gasteiger partial charge in [0.15, 0.2) is 0 Å². The number of para-hydroxylation sites is 1. The lowest BCUT2D eigenvalue weighted by atomic mass is 10.1. The number of rotatable bonds is 6. The van der Waals surface area contributed by atoms with Crippen molar-refractivity contribution in [2.75, 3.05) is 19.7 Å². The Kier molecular flexibility index (Phi) is 5.06. The van der Waals surface area contributed by atoms with Crippen LogP contribution in [0.15, 0.2) is 42.0 Å². The second kappa shape index (κ2) is 7.00. The summed E-state index contributed by atoms with van der Waals surface area (Å²) in [5.41, 5.74) is 1.32. The summed E-state index contributed by atoms with van der Waals surface area (Å²) in [4.78, 5) is 30.4. The van der Waals surface area contributed by atoms with Gasteiger partial charge in [-0.1, -0.05) is 18.2 Å². The SMILES string of the molecule is C=CCN(CCO)C(=O)Cn1cnc2c(C)cccc2c1=O. The van der Waals surface area contributed by atoms with Gasteiger partial charge in [-0.3, -0.25) is 14.2 Å². The molecule has 0 saturated heterocycles. The second-order valence-corrected chi connectivity index (χ2v) is 5.00. The molecule has 6 nitrogen and oxygen atoms in total. The smallest absolute Gasteiger partial charge is 0.261 e. The van der Waals surface area contributed by atoms with E-state index in [9.17, 15) is 9.59 Å². The average Bonchev–Trinajstić information content (AvgIpc) is 2.50. The van der Waals surface area contributed by atoms with E-state index in [1.165, 1.54) is 15.8 Å². The number of carbonyl (C=O) groups is 1. The quantitative estimate of drug-likeness (QED) is 0.797. The number of aliphatic hydroxyl groups is 1. The van der Waals surface area contributed by atoms with Crippen molar-refractivity contribution >= 4 is 16.8 Å². The number of aryl methyl sites for hydroxylation is 1. The van der Waals surface area contributed by atoms with Crippen LogP contribution in [0.25, 0.3) is 10.9 Å². The number of carbonyl (C=O) groups excluding carboxylic acids is 1. The molecule has 1 N–H and O–H groups in total. The Morgan fingerprint density at radius 2 is 2.27 bits per heavy atom. The van der Waals surface area contributed by atoms with Crippen LogP contribution in [0.2, 0.25) is 0 Å². The third-order valence-corrected chi connectivity index (χ3v) is 3.43. The molecular weight excluding hydrogens is 282 g/mol. The standard InChI is InChI=1S/C16H19N3O3/c1-3-7-18(8-9-20)14(21)10-19-11-17-15-12(2)5-4-6-13(15)16(19)22/h3-6,11,20H,1,7-10H2,2H3. The topological polar surface area (TPSA) is 75.4 Å².